The van der Waals surface area contributed by atoms with Gasteiger partial charge in [0.2, 0.25) is 23.0 Å². The number of carbonyl (C=O) groups excluding carboxylic acids is 2. The van der Waals surface area contributed by atoms with Crippen LogP contribution in [0.4, 0.5) is 11.4 Å². The Morgan fingerprint density at radius 2 is 1.61 bits per heavy atom. The van der Waals surface area contributed by atoms with Crippen LogP contribution in [0.15, 0.2) is 53.3 Å². The monoisotopic (exact) mass is 603 g/mol. The molecule has 1 aliphatic rings. The van der Waals surface area contributed by atoms with Gasteiger partial charge in [0.1, 0.15) is 5.75 Å². The van der Waals surface area contributed by atoms with E-state index in [4.69, 9.17) is 18.9 Å². The normalized spacial score (nSPS) is 13.4. The molecule has 3 aromatic rings. The van der Waals surface area contributed by atoms with E-state index < -0.39 is 0 Å². The Morgan fingerprint density at radius 1 is 0.864 bits per heavy atom. The summed E-state index contributed by atoms with van der Waals surface area (Å²) in [6, 6.07) is 14.1. The standard InChI is InChI=1S/C34H41N3O7/c1-21(38)36-27-16-10-22-19-30(42-3)33(43-4)34(44-5)32(22)25-15-17-28(29(39)20-26(25)27)35-18-8-6-7-9-31(40)37-23-11-13-24(41-2)14-12-23/h11-15,17,19-20,27H,6-10,16,18H2,1-5H3,(H,35,39)(H,36,38)(H,37,40)/t27-/m0/s1. The Hall–Kier alpha value is -4.73. The molecule has 0 saturated carbocycles. The lowest BCUT2D eigenvalue weighted by Crippen LogP contribution is -2.26. The summed E-state index contributed by atoms with van der Waals surface area (Å²) < 4.78 is 22.2. The maximum atomic E-state index is 13.4. The van der Waals surface area contributed by atoms with Crippen LogP contribution in [0, 0.1) is 0 Å². The highest BCUT2D eigenvalue weighted by Crippen LogP contribution is 2.50. The van der Waals surface area contributed by atoms with Gasteiger partial charge >= 0.3 is 0 Å². The van der Waals surface area contributed by atoms with Gasteiger partial charge in [-0.05, 0) is 84.8 Å². The Kier molecular flexibility index (Phi) is 11.1. The molecule has 0 aliphatic heterocycles. The molecule has 10 nitrogen and oxygen atoms in total. The lowest BCUT2D eigenvalue weighted by atomic mass is 9.95. The fourth-order valence-electron chi connectivity index (χ4n) is 5.56. The number of nitrogens with one attached hydrogen (secondary N) is 3. The van der Waals surface area contributed by atoms with Crippen LogP contribution in [0.5, 0.6) is 23.0 Å². The molecule has 0 radical (unpaired) electrons. The molecule has 44 heavy (non-hydrogen) atoms. The van der Waals surface area contributed by atoms with E-state index >= 15 is 0 Å². The quantitative estimate of drug-likeness (QED) is 0.219. The van der Waals surface area contributed by atoms with Crippen LogP contribution in [0.3, 0.4) is 0 Å². The van der Waals surface area contributed by atoms with Crippen molar-refractivity contribution in [1.82, 2.24) is 5.32 Å². The number of carbonyl (C=O) groups is 2. The molecule has 234 valence electrons. The van der Waals surface area contributed by atoms with Crippen LogP contribution in [0.25, 0.3) is 11.1 Å². The summed E-state index contributed by atoms with van der Waals surface area (Å²) in [6.45, 7) is 2.05. The SMILES string of the molecule is COc1ccc(NC(=O)CCCCCNc2ccc3c(cc2=O)[C@@H](NC(C)=O)CCc2cc(OC)c(OC)c(OC)c2-3)cc1. The molecule has 2 amide bonds. The van der Waals surface area contributed by atoms with Gasteiger partial charge < -0.3 is 34.9 Å². The molecule has 1 aliphatic carbocycles. The van der Waals surface area contributed by atoms with Gasteiger partial charge in [-0.2, -0.15) is 0 Å². The number of hydrogen-bond donors (Lipinski definition) is 3. The van der Waals surface area contributed by atoms with Crippen molar-refractivity contribution in [2.24, 2.45) is 0 Å². The predicted molar refractivity (Wildman–Crippen MR) is 171 cm³/mol. The number of fused-ring (bicyclic) bond motifs is 3. The van der Waals surface area contributed by atoms with Gasteiger partial charge in [-0.1, -0.05) is 12.5 Å². The molecule has 0 fully saturated rings. The first kappa shape index (κ1) is 32.2. The fraction of sp³-hybridized carbons (Fsp3) is 0.382. The van der Waals surface area contributed by atoms with E-state index in [2.05, 4.69) is 16.0 Å². The lowest BCUT2D eigenvalue weighted by Gasteiger charge is -2.19. The average Bonchev–Trinajstić information content (AvgIpc) is 3.26. The number of benzene rings is 2. The van der Waals surface area contributed by atoms with Crippen molar-refractivity contribution >= 4 is 23.2 Å². The zero-order chi connectivity index (χ0) is 31.6. The first-order valence-electron chi connectivity index (χ1n) is 14.7. The highest BCUT2D eigenvalue weighted by molar-refractivity contribution is 5.90. The van der Waals surface area contributed by atoms with Crippen LogP contribution >= 0.6 is 0 Å². The van der Waals surface area contributed by atoms with E-state index in [-0.39, 0.29) is 23.3 Å². The number of methoxy groups -OCH3 is 4. The maximum Gasteiger partial charge on any atom is 0.224 e. The minimum absolute atomic E-state index is 0.0414. The summed E-state index contributed by atoms with van der Waals surface area (Å²) in [4.78, 5) is 37.9. The number of hydrogen-bond acceptors (Lipinski definition) is 8. The zero-order valence-corrected chi connectivity index (χ0v) is 26.0. The van der Waals surface area contributed by atoms with Crippen molar-refractivity contribution in [1.29, 1.82) is 0 Å². The van der Waals surface area contributed by atoms with E-state index in [1.165, 1.54) is 6.92 Å². The number of amides is 2. The highest BCUT2D eigenvalue weighted by Gasteiger charge is 2.29. The Morgan fingerprint density at radius 3 is 2.27 bits per heavy atom. The minimum atomic E-state index is -0.367. The van der Waals surface area contributed by atoms with Gasteiger partial charge in [0, 0.05) is 31.1 Å². The van der Waals surface area contributed by atoms with Crippen molar-refractivity contribution in [2.45, 2.75) is 51.5 Å². The number of unbranched alkanes of at least 4 members (excludes halogenated alkanes) is 2. The molecule has 3 N–H and O–H groups in total. The largest absolute Gasteiger partial charge is 0.497 e. The van der Waals surface area contributed by atoms with E-state index in [0.29, 0.717) is 54.3 Å². The molecule has 4 rings (SSSR count). The van der Waals surface area contributed by atoms with E-state index in [9.17, 15) is 14.4 Å². The maximum absolute atomic E-state index is 13.4. The molecule has 0 spiro atoms. The fourth-order valence-corrected chi connectivity index (χ4v) is 5.56. The van der Waals surface area contributed by atoms with Gasteiger partial charge in [0.25, 0.3) is 0 Å². The second kappa shape index (κ2) is 15.1. The van der Waals surface area contributed by atoms with Gasteiger partial charge in [-0.15, -0.1) is 0 Å². The second-order valence-corrected chi connectivity index (χ2v) is 10.6. The predicted octanol–water partition coefficient (Wildman–Crippen LogP) is 5.48. The van der Waals surface area contributed by atoms with Crippen LogP contribution in [-0.4, -0.2) is 46.8 Å². The van der Waals surface area contributed by atoms with E-state index in [1.54, 1.807) is 64.8 Å². The molecule has 0 heterocycles. The first-order valence-corrected chi connectivity index (χ1v) is 14.7. The van der Waals surface area contributed by atoms with Crippen molar-refractivity contribution in [3.05, 3.63) is 69.9 Å². The van der Waals surface area contributed by atoms with Crippen molar-refractivity contribution in [3.8, 4) is 34.1 Å². The number of rotatable bonds is 13. The third-order valence-electron chi connectivity index (χ3n) is 7.69. The minimum Gasteiger partial charge on any atom is -0.497 e. The van der Waals surface area contributed by atoms with Crippen molar-refractivity contribution < 1.29 is 28.5 Å². The molecule has 0 aromatic heterocycles. The molecular formula is C34H41N3O7. The van der Waals surface area contributed by atoms with Crippen molar-refractivity contribution in [2.75, 3.05) is 45.6 Å². The molecular weight excluding hydrogens is 562 g/mol. The summed E-state index contributed by atoms with van der Waals surface area (Å²) in [5.74, 6) is 2.04. The average molecular weight is 604 g/mol. The van der Waals surface area contributed by atoms with Crippen molar-refractivity contribution in [3.63, 3.8) is 0 Å². The smallest absolute Gasteiger partial charge is 0.224 e. The zero-order valence-electron chi connectivity index (χ0n) is 26.0. The lowest BCUT2D eigenvalue weighted by molar-refractivity contribution is -0.119. The topological polar surface area (TPSA) is 124 Å². The summed E-state index contributed by atoms with van der Waals surface area (Å²) in [6.07, 6.45) is 3.97. The third kappa shape index (κ3) is 7.61. The molecule has 0 unspecified atom stereocenters. The molecule has 1 atom stereocenters. The van der Waals surface area contributed by atoms with Gasteiger partial charge in [0.15, 0.2) is 11.5 Å². The summed E-state index contributed by atoms with van der Waals surface area (Å²) in [5, 5.41) is 9.19. The van der Waals surface area contributed by atoms with Crippen LogP contribution in [0.2, 0.25) is 0 Å². The van der Waals surface area contributed by atoms with Crippen LogP contribution < -0.4 is 40.3 Å². The second-order valence-electron chi connectivity index (χ2n) is 10.6. The Labute approximate surface area is 258 Å². The molecule has 0 bridgehead atoms. The van der Waals surface area contributed by atoms with Gasteiger partial charge in [0.05, 0.1) is 40.2 Å². The highest BCUT2D eigenvalue weighted by atomic mass is 16.5. The summed E-state index contributed by atoms with van der Waals surface area (Å²) >= 11 is 0. The molecule has 3 aromatic carbocycles. The first-order chi connectivity index (χ1) is 21.3. The Bertz CT molecular complexity index is 1540. The Balaban J connectivity index is 1.49. The summed E-state index contributed by atoms with van der Waals surface area (Å²) in [5.41, 5.74) is 4.28. The van der Waals surface area contributed by atoms with Gasteiger partial charge in [-0.3, -0.25) is 14.4 Å². The van der Waals surface area contributed by atoms with E-state index in [1.807, 2.05) is 12.1 Å². The molecule has 10 heteroatoms. The van der Waals surface area contributed by atoms with Crippen LogP contribution in [0.1, 0.15) is 56.2 Å². The number of aryl methyl sites for hydroxylation is 1. The summed E-state index contributed by atoms with van der Waals surface area (Å²) in [7, 11) is 6.31. The number of ether oxygens (including phenoxy) is 4. The van der Waals surface area contributed by atoms with Crippen LogP contribution in [-0.2, 0) is 16.0 Å². The number of anilines is 2. The van der Waals surface area contributed by atoms with E-state index in [0.717, 1.165) is 47.4 Å². The molecule has 0 saturated heterocycles. The van der Waals surface area contributed by atoms with Gasteiger partial charge in [-0.25, -0.2) is 0 Å². The third-order valence-corrected chi connectivity index (χ3v) is 7.69.